The number of amides is 1. The summed E-state index contributed by atoms with van der Waals surface area (Å²) in [6, 6.07) is 10.7. The Morgan fingerprint density at radius 2 is 1.79 bits per heavy atom. The van der Waals surface area contributed by atoms with Gasteiger partial charge in [0.15, 0.2) is 11.5 Å². The summed E-state index contributed by atoms with van der Waals surface area (Å²) in [4.78, 5) is 16.4. The summed E-state index contributed by atoms with van der Waals surface area (Å²) in [5.41, 5.74) is 2.84. The summed E-state index contributed by atoms with van der Waals surface area (Å²) in [6.07, 6.45) is -3.90. The zero-order chi connectivity index (χ0) is 23.8. The highest BCUT2D eigenvalue weighted by molar-refractivity contribution is 5.92. The van der Waals surface area contributed by atoms with Crippen molar-refractivity contribution in [3.8, 4) is 22.8 Å². The molecule has 0 saturated carbocycles. The monoisotopic (exact) mass is 459 g/mol. The number of alkyl halides is 3. The number of fused-ring (bicyclic) bond motifs is 1. The van der Waals surface area contributed by atoms with Gasteiger partial charge >= 0.3 is 6.18 Å². The van der Waals surface area contributed by atoms with Crippen LogP contribution in [0.15, 0.2) is 36.4 Å². The SMILES string of the molecule is [CH2]C(=O)N1CCC(c2ccc3[nH]c(-c4ccc(OC)c(OC)c4)c(CC(F)(F)F)c3c2)CC1. The van der Waals surface area contributed by atoms with Crippen molar-refractivity contribution < 1.29 is 27.4 Å². The second-order valence-corrected chi connectivity index (χ2v) is 8.30. The first-order chi connectivity index (χ1) is 15.7. The smallest absolute Gasteiger partial charge is 0.393 e. The first kappa shape index (κ1) is 23.0. The predicted octanol–water partition coefficient (Wildman–Crippen LogP) is 5.50. The lowest BCUT2D eigenvalue weighted by molar-refractivity contribution is -0.128. The summed E-state index contributed by atoms with van der Waals surface area (Å²) in [5, 5.41) is 0.560. The molecule has 0 unspecified atom stereocenters. The molecule has 0 spiro atoms. The molecule has 1 aliphatic heterocycles. The lowest BCUT2D eigenvalue weighted by atomic mass is 9.88. The molecule has 2 aromatic carbocycles. The minimum atomic E-state index is -4.36. The molecule has 0 aliphatic carbocycles. The molecule has 1 aliphatic rings. The predicted molar refractivity (Wildman–Crippen MR) is 121 cm³/mol. The minimum absolute atomic E-state index is 0.183. The number of carbonyl (C=O) groups excluding carboxylic acids is 1. The summed E-state index contributed by atoms with van der Waals surface area (Å²) in [6.45, 7) is 4.66. The molecule has 1 N–H and O–H groups in total. The number of benzene rings is 2. The second kappa shape index (κ2) is 9.00. The van der Waals surface area contributed by atoms with E-state index in [1.807, 2.05) is 18.2 Å². The third kappa shape index (κ3) is 4.79. The van der Waals surface area contributed by atoms with Crippen molar-refractivity contribution >= 4 is 16.8 Å². The Labute approximate surface area is 190 Å². The number of rotatable bonds is 5. The first-order valence-electron chi connectivity index (χ1n) is 10.7. The van der Waals surface area contributed by atoms with Crippen molar-refractivity contribution in [1.82, 2.24) is 9.88 Å². The van der Waals surface area contributed by atoms with Gasteiger partial charge in [0.2, 0.25) is 5.91 Å². The molecule has 5 nitrogen and oxygen atoms in total. The molecule has 8 heteroatoms. The van der Waals surface area contributed by atoms with E-state index in [1.165, 1.54) is 14.2 Å². The number of carbonyl (C=O) groups is 1. The average molecular weight is 459 g/mol. The first-order valence-corrected chi connectivity index (χ1v) is 10.7. The fourth-order valence-corrected chi connectivity index (χ4v) is 4.60. The van der Waals surface area contributed by atoms with Gasteiger partial charge in [-0.15, -0.1) is 0 Å². The Morgan fingerprint density at radius 1 is 1.09 bits per heavy atom. The van der Waals surface area contributed by atoms with Gasteiger partial charge in [0.1, 0.15) is 0 Å². The van der Waals surface area contributed by atoms with Gasteiger partial charge in [0.25, 0.3) is 0 Å². The van der Waals surface area contributed by atoms with E-state index in [-0.39, 0.29) is 17.4 Å². The fraction of sp³-hybridized carbons (Fsp3) is 0.360. The third-order valence-electron chi connectivity index (χ3n) is 6.30. The topological polar surface area (TPSA) is 54.6 Å². The van der Waals surface area contributed by atoms with E-state index in [2.05, 4.69) is 11.9 Å². The van der Waals surface area contributed by atoms with Gasteiger partial charge in [-0.25, -0.2) is 0 Å². The van der Waals surface area contributed by atoms with Crippen LogP contribution in [0.1, 0.15) is 29.9 Å². The molecule has 4 rings (SSSR count). The van der Waals surface area contributed by atoms with Gasteiger partial charge in [-0.05, 0) is 60.2 Å². The van der Waals surface area contributed by atoms with Crippen LogP contribution in [0.5, 0.6) is 11.5 Å². The largest absolute Gasteiger partial charge is 0.493 e. The number of halogens is 3. The highest BCUT2D eigenvalue weighted by Crippen LogP contribution is 2.40. The van der Waals surface area contributed by atoms with E-state index < -0.39 is 12.6 Å². The number of methoxy groups -OCH3 is 2. The normalized spacial score (nSPS) is 15.2. The van der Waals surface area contributed by atoms with Crippen molar-refractivity contribution in [3.05, 3.63) is 54.4 Å². The standard InChI is InChI=1S/C25H26F3N2O3/c1-15(31)30-10-8-16(9-11-30)17-4-6-21-19(12-17)20(14-25(26,27)28)24(29-21)18-5-7-22(32-2)23(13-18)33-3/h4-7,12-13,16,29H,1,8-11,14H2,2-3H3. The van der Waals surface area contributed by atoms with Gasteiger partial charge in [-0.2, -0.15) is 13.2 Å². The quantitative estimate of drug-likeness (QED) is 0.549. The van der Waals surface area contributed by atoms with Gasteiger partial charge in [0, 0.05) is 36.5 Å². The van der Waals surface area contributed by atoms with Crippen LogP contribution in [0, 0.1) is 6.92 Å². The Kier molecular flexibility index (Phi) is 6.28. The Balaban J connectivity index is 1.77. The maximum atomic E-state index is 13.6. The van der Waals surface area contributed by atoms with Crippen LogP contribution in [0.3, 0.4) is 0 Å². The molecule has 0 atom stereocenters. The van der Waals surface area contributed by atoms with Gasteiger partial charge < -0.3 is 19.4 Å². The molecular weight excluding hydrogens is 433 g/mol. The van der Waals surface area contributed by atoms with Crippen LogP contribution >= 0.6 is 0 Å². The second-order valence-electron chi connectivity index (χ2n) is 8.30. The van der Waals surface area contributed by atoms with Gasteiger partial charge in [-0.1, -0.05) is 6.07 Å². The molecule has 1 fully saturated rings. The molecule has 0 bridgehead atoms. The number of hydrogen-bond donors (Lipinski definition) is 1. The summed E-state index contributed by atoms with van der Waals surface area (Å²) in [7, 11) is 3.00. The van der Waals surface area contributed by atoms with Crippen LogP contribution in [0.25, 0.3) is 22.2 Å². The molecule has 1 saturated heterocycles. The Bertz CT molecular complexity index is 1160. The zero-order valence-electron chi connectivity index (χ0n) is 18.6. The maximum Gasteiger partial charge on any atom is 0.393 e. The number of hydrogen-bond acceptors (Lipinski definition) is 3. The van der Waals surface area contributed by atoms with Gasteiger partial charge in [-0.3, -0.25) is 4.79 Å². The summed E-state index contributed by atoms with van der Waals surface area (Å²) < 4.78 is 51.3. The molecule has 1 aromatic heterocycles. The number of H-pyrrole nitrogens is 1. The lowest BCUT2D eigenvalue weighted by Crippen LogP contribution is -2.36. The van der Waals surface area contributed by atoms with Crippen molar-refractivity contribution in [1.29, 1.82) is 0 Å². The number of ether oxygens (including phenoxy) is 2. The highest BCUT2D eigenvalue weighted by Gasteiger charge is 2.32. The van der Waals surface area contributed by atoms with Crippen LogP contribution in [0.4, 0.5) is 13.2 Å². The van der Waals surface area contributed by atoms with Crippen LogP contribution in [-0.2, 0) is 11.2 Å². The van der Waals surface area contributed by atoms with E-state index in [9.17, 15) is 18.0 Å². The number of nitrogens with zero attached hydrogens (tertiary/aromatic N) is 1. The lowest BCUT2D eigenvalue weighted by Gasteiger charge is -2.31. The van der Waals surface area contributed by atoms with Crippen molar-refractivity contribution in [2.45, 2.75) is 31.4 Å². The van der Waals surface area contributed by atoms with Crippen LogP contribution < -0.4 is 9.47 Å². The van der Waals surface area contributed by atoms with Crippen molar-refractivity contribution in [2.75, 3.05) is 27.3 Å². The fourth-order valence-electron chi connectivity index (χ4n) is 4.60. The molecule has 3 aromatic rings. The number of nitrogens with one attached hydrogen (secondary N) is 1. The number of aromatic nitrogens is 1. The van der Waals surface area contributed by atoms with E-state index in [0.29, 0.717) is 46.7 Å². The number of piperidine rings is 1. The zero-order valence-corrected chi connectivity index (χ0v) is 18.6. The molecule has 33 heavy (non-hydrogen) atoms. The molecule has 1 radical (unpaired) electrons. The van der Waals surface area contributed by atoms with E-state index >= 15 is 0 Å². The van der Waals surface area contributed by atoms with Gasteiger partial charge in [0.05, 0.1) is 26.3 Å². The van der Waals surface area contributed by atoms with E-state index in [1.54, 1.807) is 23.1 Å². The summed E-state index contributed by atoms with van der Waals surface area (Å²) in [5.74, 6) is 0.938. The van der Waals surface area contributed by atoms with Crippen LogP contribution in [-0.4, -0.2) is 49.3 Å². The van der Waals surface area contributed by atoms with E-state index in [0.717, 1.165) is 18.4 Å². The molecule has 2 heterocycles. The average Bonchev–Trinajstić information content (AvgIpc) is 3.14. The van der Waals surface area contributed by atoms with Crippen LogP contribution in [0.2, 0.25) is 0 Å². The minimum Gasteiger partial charge on any atom is -0.493 e. The molecule has 1 amide bonds. The van der Waals surface area contributed by atoms with Crippen molar-refractivity contribution in [3.63, 3.8) is 0 Å². The summed E-state index contributed by atoms with van der Waals surface area (Å²) >= 11 is 0. The highest BCUT2D eigenvalue weighted by atomic mass is 19.4. The molecular formula is C25H26F3N2O3. The Morgan fingerprint density at radius 3 is 2.39 bits per heavy atom. The maximum absolute atomic E-state index is 13.6. The Hall–Kier alpha value is -3.16. The van der Waals surface area contributed by atoms with Crippen molar-refractivity contribution in [2.24, 2.45) is 0 Å². The third-order valence-corrected chi connectivity index (χ3v) is 6.30. The molecule has 175 valence electrons. The number of aromatic amines is 1. The number of likely N-dealkylation sites (tertiary alicyclic amines) is 1. The van der Waals surface area contributed by atoms with E-state index in [4.69, 9.17) is 9.47 Å².